The zero-order valence-corrected chi connectivity index (χ0v) is 8.07. The Kier molecular flexibility index (Phi) is 3.83. The van der Waals surface area contributed by atoms with Crippen molar-refractivity contribution in [2.24, 2.45) is 0 Å². The highest BCUT2D eigenvalue weighted by Gasteiger charge is 2.11. The van der Waals surface area contributed by atoms with E-state index in [2.05, 4.69) is 11.9 Å². The van der Waals surface area contributed by atoms with Gasteiger partial charge in [-0.2, -0.15) is 5.26 Å². The summed E-state index contributed by atoms with van der Waals surface area (Å²) in [5, 5.41) is 20.7. The number of nitrogens with zero attached hydrogens (tertiary/aromatic N) is 1. The second kappa shape index (κ2) is 5.13. The zero-order chi connectivity index (χ0) is 11.3. The van der Waals surface area contributed by atoms with Gasteiger partial charge in [-0.05, 0) is 17.7 Å². The van der Waals surface area contributed by atoms with Crippen LogP contribution in [0.5, 0.6) is 5.75 Å². The minimum absolute atomic E-state index is 0.417. The van der Waals surface area contributed by atoms with Gasteiger partial charge >= 0.3 is 0 Å². The van der Waals surface area contributed by atoms with Crippen molar-refractivity contribution in [2.75, 3.05) is 6.54 Å². The standard InChI is InChI=1S/C11H11FN2O/c1-2-5-14-10(7-13)8-3-4-11(15)9(12)6-8/h2-4,6,10,14-15H,1,5H2. The number of rotatable bonds is 4. The lowest BCUT2D eigenvalue weighted by Gasteiger charge is -2.10. The fraction of sp³-hybridized carbons (Fsp3) is 0.182. The van der Waals surface area contributed by atoms with Crippen molar-refractivity contribution in [3.05, 3.63) is 42.2 Å². The summed E-state index contributed by atoms with van der Waals surface area (Å²) in [4.78, 5) is 0. The van der Waals surface area contributed by atoms with Crippen molar-refractivity contribution in [2.45, 2.75) is 6.04 Å². The van der Waals surface area contributed by atoms with Gasteiger partial charge < -0.3 is 5.11 Å². The van der Waals surface area contributed by atoms with Crippen LogP contribution >= 0.6 is 0 Å². The van der Waals surface area contributed by atoms with Crippen molar-refractivity contribution in [3.63, 3.8) is 0 Å². The molecule has 1 atom stereocenters. The second-order valence-electron chi connectivity index (χ2n) is 2.97. The summed E-state index contributed by atoms with van der Waals surface area (Å²) in [5.41, 5.74) is 0.481. The molecule has 0 bridgehead atoms. The summed E-state index contributed by atoms with van der Waals surface area (Å²) in [6.45, 7) is 3.97. The van der Waals surface area contributed by atoms with Gasteiger partial charge in [0.2, 0.25) is 0 Å². The highest BCUT2D eigenvalue weighted by Crippen LogP contribution is 2.20. The Bertz CT molecular complexity index is 398. The third-order valence-corrected chi connectivity index (χ3v) is 1.90. The predicted molar refractivity (Wildman–Crippen MR) is 54.6 cm³/mol. The van der Waals surface area contributed by atoms with E-state index in [-0.39, 0.29) is 0 Å². The predicted octanol–water partition coefficient (Wildman–Crippen LogP) is 1.87. The van der Waals surface area contributed by atoms with Crippen molar-refractivity contribution in [3.8, 4) is 11.8 Å². The fourth-order valence-electron chi connectivity index (χ4n) is 1.14. The molecule has 0 aliphatic rings. The average Bonchev–Trinajstić information content (AvgIpc) is 2.24. The van der Waals surface area contributed by atoms with Crippen molar-refractivity contribution in [1.29, 1.82) is 5.26 Å². The van der Waals surface area contributed by atoms with E-state index < -0.39 is 17.6 Å². The third kappa shape index (κ3) is 2.79. The van der Waals surface area contributed by atoms with Crippen LogP contribution in [0.2, 0.25) is 0 Å². The van der Waals surface area contributed by atoms with Gasteiger partial charge in [0.15, 0.2) is 11.6 Å². The van der Waals surface area contributed by atoms with Gasteiger partial charge in [0.05, 0.1) is 6.07 Å². The highest BCUT2D eigenvalue weighted by molar-refractivity contribution is 5.32. The van der Waals surface area contributed by atoms with Crippen LogP contribution in [0.15, 0.2) is 30.9 Å². The molecule has 0 saturated heterocycles. The number of halogens is 1. The van der Waals surface area contributed by atoms with Crippen LogP contribution in [0.1, 0.15) is 11.6 Å². The lowest BCUT2D eigenvalue weighted by atomic mass is 10.1. The average molecular weight is 206 g/mol. The Morgan fingerprint density at radius 3 is 2.93 bits per heavy atom. The first-order valence-corrected chi connectivity index (χ1v) is 4.41. The number of benzene rings is 1. The Labute approximate surface area is 87.5 Å². The SMILES string of the molecule is C=CCNC(C#N)c1ccc(O)c(F)c1. The molecule has 78 valence electrons. The molecule has 0 aliphatic carbocycles. The Hall–Kier alpha value is -1.86. The maximum atomic E-state index is 13.0. The molecule has 15 heavy (non-hydrogen) atoms. The molecule has 0 heterocycles. The maximum Gasteiger partial charge on any atom is 0.165 e. The number of phenolic OH excluding ortho intramolecular Hbond substituents is 1. The first kappa shape index (κ1) is 11.2. The second-order valence-corrected chi connectivity index (χ2v) is 2.97. The van der Waals surface area contributed by atoms with E-state index >= 15 is 0 Å². The number of phenols is 1. The van der Waals surface area contributed by atoms with E-state index in [1.165, 1.54) is 12.1 Å². The van der Waals surface area contributed by atoms with E-state index in [0.29, 0.717) is 12.1 Å². The van der Waals surface area contributed by atoms with Crippen LogP contribution in [0.3, 0.4) is 0 Å². The van der Waals surface area contributed by atoms with E-state index in [1.807, 2.05) is 6.07 Å². The molecule has 3 nitrogen and oxygen atoms in total. The Morgan fingerprint density at radius 2 is 2.40 bits per heavy atom. The zero-order valence-electron chi connectivity index (χ0n) is 8.07. The summed E-state index contributed by atoms with van der Waals surface area (Å²) < 4.78 is 13.0. The summed E-state index contributed by atoms with van der Waals surface area (Å²) in [7, 11) is 0. The summed E-state index contributed by atoms with van der Waals surface area (Å²) in [5.74, 6) is -1.15. The fourth-order valence-corrected chi connectivity index (χ4v) is 1.14. The first-order chi connectivity index (χ1) is 7.19. The number of hydrogen-bond acceptors (Lipinski definition) is 3. The lowest BCUT2D eigenvalue weighted by Crippen LogP contribution is -2.19. The lowest BCUT2D eigenvalue weighted by molar-refractivity contribution is 0.431. The van der Waals surface area contributed by atoms with E-state index in [4.69, 9.17) is 10.4 Å². The largest absolute Gasteiger partial charge is 0.505 e. The molecule has 1 aromatic carbocycles. The number of nitrogens with one attached hydrogen (secondary N) is 1. The number of hydrogen-bond donors (Lipinski definition) is 2. The van der Waals surface area contributed by atoms with Crippen LogP contribution in [0.4, 0.5) is 4.39 Å². The van der Waals surface area contributed by atoms with Crippen LogP contribution in [0.25, 0.3) is 0 Å². The molecule has 0 radical (unpaired) electrons. The van der Waals surface area contributed by atoms with Gasteiger partial charge in [-0.15, -0.1) is 6.58 Å². The molecule has 0 fully saturated rings. The normalized spacial score (nSPS) is 11.7. The third-order valence-electron chi connectivity index (χ3n) is 1.90. The molecule has 1 unspecified atom stereocenters. The molecule has 0 spiro atoms. The molecule has 1 rings (SSSR count). The first-order valence-electron chi connectivity index (χ1n) is 4.41. The smallest absolute Gasteiger partial charge is 0.165 e. The minimum Gasteiger partial charge on any atom is -0.505 e. The molecular formula is C11H11FN2O. The van der Waals surface area contributed by atoms with Gasteiger partial charge in [0.1, 0.15) is 6.04 Å². The molecule has 0 amide bonds. The van der Waals surface area contributed by atoms with Crippen molar-refractivity contribution < 1.29 is 9.50 Å². The van der Waals surface area contributed by atoms with E-state index in [9.17, 15) is 4.39 Å². The van der Waals surface area contributed by atoms with Gasteiger partial charge in [0, 0.05) is 6.54 Å². The molecule has 4 heteroatoms. The van der Waals surface area contributed by atoms with E-state index in [0.717, 1.165) is 6.07 Å². The number of nitriles is 1. The minimum atomic E-state index is -0.729. The maximum absolute atomic E-state index is 13.0. The summed E-state index contributed by atoms with van der Waals surface area (Å²) >= 11 is 0. The van der Waals surface area contributed by atoms with Gasteiger partial charge in [-0.3, -0.25) is 5.32 Å². The van der Waals surface area contributed by atoms with Gasteiger partial charge in [-0.25, -0.2) is 4.39 Å². The monoisotopic (exact) mass is 206 g/mol. The Balaban J connectivity index is 2.88. The summed E-state index contributed by atoms with van der Waals surface area (Å²) in [6, 6.07) is 5.26. The molecule has 1 aromatic rings. The number of aromatic hydroxyl groups is 1. The summed E-state index contributed by atoms with van der Waals surface area (Å²) in [6.07, 6.45) is 1.61. The Morgan fingerprint density at radius 1 is 1.67 bits per heavy atom. The highest BCUT2D eigenvalue weighted by atomic mass is 19.1. The van der Waals surface area contributed by atoms with Crippen LogP contribution in [-0.2, 0) is 0 Å². The van der Waals surface area contributed by atoms with E-state index in [1.54, 1.807) is 6.08 Å². The molecular weight excluding hydrogens is 195 g/mol. The molecule has 2 N–H and O–H groups in total. The molecule has 0 aromatic heterocycles. The molecule has 0 saturated carbocycles. The van der Waals surface area contributed by atoms with Crippen LogP contribution in [0, 0.1) is 17.1 Å². The van der Waals surface area contributed by atoms with Crippen LogP contribution in [-0.4, -0.2) is 11.7 Å². The van der Waals surface area contributed by atoms with Gasteiger partial charge in [0.25, 0.3) is 0 Å². The van der Waals surface area contributed by atoms with Crippen molar-refractivity contribution >= 4 is 0 Å². The molecule has 0 aliphatic heterocycles. The quantitative estimate of drug-likeness (QED) is 0.739. The van der Waals surface area contributed by atoms with Crippen LogP contribution < -0.4 is 5.32 Å². The topological polar surface area (TPSA) is 56.0 Å². The van der Waals surface area contributed by atoms with Gasteiger partial charge in [-0.1, -0.05) is 12.1 Å². The van der Waals surface area contributed by atoms with Crippen molar-refractivity contribution in [1.82, 2.24) is 5.32 Å².